The molecule has 4 nitrogen and oxygen atoms in total. The Morgan fingerprint density at radius 3 is 2.44 bits per heavy atom. The van der Waals surface area contributed by atoms with Crippen LogP contribution in [-0.4, -0.2) is 22.7 Å². The lowest BCUT2D eigenvalue weighted by Crippen LogP contribution is -2.34. The van der Waals surface area contributed by atoms with Crippen LogP contribution in [-0.2, 0) is 4.79 Å². The van der Waals surface area contributed by atoms with E-state index in [4.69, 9.17) is 0 Å². The molecule has 0 aromatic rings. The van der Waals surface area contributed by atoms with Crippen molar-refractivity contribution in [2.45, 2.75) is 52.4 Å². The highest BCUT2D eigenvalue weighted by molar-refractivity contribution is 5.78. The van der Waals surface area contributed by atoms with Gasteiger partial charge < -0.3 is 15.5 Å². The van der Waals surface area contributed by atoms with Gasteiger partial charge in [-0.2, -0.15) is 0 Å². The number of carbonyl (C=O) groups is 1. The zero-order valence-corrected chi connectivity index (χ0v) is 11.4. The largest absolute Gasteiger partial charge is 0.509 e. The molecule has 0 heterocycles. The molecular formula is C14H25NO3. The number of hydrogen-bond acceptors (Lipinski definition) is 3. The molecule has 0 radical (unpaired) electrons. The van der Waals surface area contributed by atoms with E-state index < -0.39 is 0 Å². The number of hydrogen-bond donors (Lipinski definition) is 3. The molecule has 1 unspecified atom stereocenters. The van der Waals surface area contributed by atoms with Crippen LogP contribution in [0, 0.1) is 11.8 Å². The van der Waals surface area contributed by atoms with Crippen LogP contribution in [0.5, 0.6) is 0 Å². The molecular weight excluding hydrogens is 230 g/mol. The Morgan fingerprint density at radius 2 is 1.94 bits per heavy atom. The van der Waals surface area contributed by atoms with Crippen molar-refractivity contribution in [3.63, 3.8) is 0 Å². The van der Waals surface area contributed by atoms with Crippen molar-refractivity contribution in [2.24, 2.45) is 11.8 Å². The second-order valence-corrected chi connectivity index (χ2v) is 5.12. The van der Waals surface area contributed by atoms with Crippen LogP contribution in [0.3, 0.4) is 0 Å². The molecule has 0 aromatic carbocycles. The number of amides is 1. The van der Waals surface area contributed by atoms with Gasteiger partial charge in [-0.25, -0.2) is 0 Å². The van der Waals surface area contributed by atoms with Gasteiger partial charge in [-0.3, -0.25) is 4.79 Å². The molecule has 0 aromatic heterocycles. The van der Waals surface area contributed by atoms with Crippen LogP contribution >= 0.6 is 0 Å². The number of nitrogens with one attached hydrogen (secondary N) is 1. The summed E-state index contributed by atoms with van der Waals surface area (Å²) >= 11 is 0. The Hall–Kier alpha value is -1.19. The first-order valence-electron chi connectivity index (χ1n) is 6.91. The molecule has 1 rings (SSSR count). The Balaban J connectivity index is 2.59. The fraction of sp³-hybridized carbons (Fsp3) is 0.786. The van der Waals surface area contributed by atoms with Crippen molar-refractivity contribution >= 4 is 5.91 Å². The number of aliphatic hydroxyl groups excluding tert-OH is 2. The Morgan fingerprint density at radius 1 is 1.33 bits per heavy atom. The minimum Gasteiger partial charge on any atom is -0.509 e. The Bertz CT molecular complexity index is 302. The molecule has 0 bridgehead atoms. The van der Waals surface area contributed by atoms with Gasteiger partial charge in [0.05, 0.1) is 0 Å². The minimum atomic E-state index is -0.0453. The van der Waals surface area contributed by atoms with E-state index in [-0.39, 0.29) is 23.3 Å². The summed E-state index contributed by atoms with van der Waals surface area (Å²) < 4.78 is 0. The highest BCUT2D eigenvalue weighted by Crippen LogP contribution is 2.34. The fourth-order valence-corrected chi connectivity index (χ4v) is 2.72. The molecule has 1 amide bonds. The first kappa shape index (κ1) is 14.9. The first-order valence-corrected chi connectivity index (χ1v) is 6.91. The van der Waals surface area contributed by atoms with Gasteiger partial charge in [0, 0.05) is 18.9 Å². The summed E-state index contributed by atoms with van der Waals surface area (Å²) in [5, 5.41) is 21.6. The number of allylic oxidation sites excluding steroid dienone is 2. The molecule has 1 atom stereocenters. The van der Waals surface area contributed by atoms with E-state index in [0.717, 1.165) is 12.8 Å². The van der Waals surface area contributed by atoms with Crippen LogP contribution in [0.25, 0.3) is 0 Å². The van der Waals surface area contributed by atoms with Gasteiger partial charge in [0.25, 0.3) is 0 Å². The summed E-state index contributed by atoms with van der Waals surface area (Å²) in [6, 6.07) is 0. The quantitative estimate of drug-likeness (QED) is 0.639. The summed E-state index contributed by atoms with van der Waals surface area (Å²) in [6.45, 7) is 4.02. The summed E-state index contributed by atoms with van der Waals surface area (Å²) in [5.41, 5.74) is 0. The maximum atomic E-state index is 12.0. The normalized spacial score (nSPS) is 19.4. The third-order valence-corrected chi connectivity index (χ3v) is 3.77. The molecule has 0 aliphatic heterocycles. The zero-order chi connectivity index (χ0) is 13.5. The van der Waals surface area contributed by atoms with E-state index in [1.165, 1.54) is 19.8 Å². The van der Waals surface area contributed by atoms with Crippen molar-refractivity contribution in [2.75, 3.05) is 6.54 Å². The Kier molecular flexibility index (Phi) is 6.02. The lowest BCUT2D eigenvalue weighted by Gasteiger charge is -2.22. The maximum Gasteiger partial charge on any atom is 0.223 e. The zero-order valence-electron chi connectivity index (χ0n) is 11.4. The number of aliphatic hydroxyl groups is 2. The van der Waals surface area contributed by atoms with Gasteiger partial charge in [0.15, 0.2) is 0 Å². The Labute approximate surface area is 109 Å². The van der Waals surface area contributed by atoms with Crippen LogP contribution < -0.4 is 5.32 Å². The minimum absolute atomic E-state index is 0.00213. The number of rotatable bonds is 6. The van der Waals surface area contributed by atoms with Gasteiger partial charge in [-0.1, -0.05) is 12.8 Å². The van der Waals surface area contributed by atoms with Gasteiger partial charge in [0.1, 0.15) is 11.5 Å². The molecule has 3 N–H and O–H groups in total. The highest BCUT2D eigenvalue weighted by atomic mass is 16.3. The fourth-order valence-electron chi connectivity index (χ4n) is 2.72. The summed E-state index contributed by atoms with van der Waals surface area (Å²) in [7, 11) is 0. The van der Waals surface area contributed by atoms with E-state index in [2.05, 4.69) is 5.32 Å². The van der Waals surface area contributed by atoms with Gasteiger partial charge in [-0.05, 0) is 39.0 Å². The molecule has 1 saturated carbocycles. The van der Waals surface area contributed by atoms with Crippen molar-refractivity contribution in [1.29, 1.82) is 0 Å². The van der Waals surface area contributed by atoms with Gasteiger partial charge >= 0.3 is 0 Å². The molecule has 4 heteroatoms. The van der Waals surface area contributed by atoms with Crippen molar-refractivity contribution in [1.82, 2.24) is 5.32 Å². The molecule has 18 heavy (non-hydrogen) atoms. The topological polar surface area (TPSA) is 69.6 Å². The maximum absolute atomic E-state index is 12.0. The van der Waals surface area contributed by atoms with Gasteiger partial charge in [-0.15, -0.1) is 0 Å². The van der Waals surface area contributed by atoms with Crippen LogP contribution in [0.4, 0.5) is 0 Å². The van der Waals surface area contributed by atoms with Crippen LogP contribution in [0.15, 0.2) is 11.5 Å². The predicted octanol–water partition coefficient (Wildman–Crippen LogP) is 3.06. The molecule has 1 fully saturated rings. The summed E-state index contributed by atoms with van der Waals surface area (Å²) in [5.74, 6) is 0.448. The van der Waals surface area contributed by atoms with E-state index in [1.807, 2.05) is 6.92 Å². The van der Waals surface area contributed by atoms with Crippen molar-refractivity contribution in [3.8, 4) is 0 Å². The third-order valence-electron chi connectivity index (χ3n) is 3.77. The van der Waals surface area contributed by atoms with Crippen LogP contribution in [0.2, 0.25) is 0 Å². The monoisotopic (exact) mass is 255 g/mol. The number of carbonyl (C=O) groups excluding carboxylic acids is 1. The average Bonchev–Trinajstić information content (AvgIpc) is 2.83. The standard InChI is InChI=1S/C14H25NO3/c1-3-15-14(18)12(11-6-4-5-7-11)8-9-13(17)10(2)16/h11-12,16-17H,3-9H2,1-2H3,(H,15,18). The predicted molar refractivity (Wildman–Crippen MR) is 71.3 cm³/mol. The summed E-state index contributed by atoms with van der Waals surface area (Å²) in [4.78, 5) is 12.0. The lowest BCUT2D eigenvalue weighted by atomic mass is 9.86. The molecule has 0 spiro atoms. The lowest BCUT2D eigenvalue weighted by molar-refractivity contribution is -0.126. The second-order valence-electron chi connectivity index (χ2n) is 5.12. The molecule has 1 aliphatic rings. The van der Waals surface area contributed by atoms with E-state index >= 15 is 0 Å². The van der Waals surface area contributed by atoms with Gasteiger partial charge in [0.2, 0.25) is 5.91 Å². The van der Waals surface area contributed by atoms with Crippen molar-refractivity contribution in [3.05, 3.63) is 11.5 Å². The average molecular weight is 255 g/mol. The SMILES string of the molecule is CCNC(=O)C(CCC(O)=C(C)O)C1CCCC1. The molecule has 0 saturated heterocycles. The first-order chi connectivity index (χ1) is 8.56. The van der Waals surface area contributed by atoms with Crippen LogP contribution in [0.1, 0.15) is 52.4 Å². The van der Waals surface area contributed by atoms with E-state index in [0.29, 0.717) is 25.3 Å². The highest BCUT2D eigenvalue weighted by Gasteiger charge is 2.30. The molecule has 1 aliphatic carbocycles. The molecule has 104 valence electrons. The van der Waals surface area contributed by atoms with E-state index in [9.17, 15) is 15.0 Å². The van der Waals surface area contributed by atoms with E-state index in [1.54, 1.807) is 0 Å². The third kappa shape index (κ3) is 4.24. The van der Waals surface area contributed by atoms with Crippen molar-refractivity contribution < 1.29 is 15.0 Å². The summed E-state index contributed by atoms with van der Waals surface area (Å²) in [6.07, 6.45) is 5.58. The smallest absolute Gasteiger partial charge is 0.223 e. The second kappa shape index (κ2) is 7.29.